The van der Waals surface area contributed by atoms with Crippen molar-refractivity contribution in [1.82, 2.24) is 9.71 Å². The van der Waals surface area contributed by atoms with Crippen LogP contribution in [-0.2, 0) is 10.0 Å². The van der Waals surface area contributed by atoms with E-state index >= 15 is 0 Å². The number of hydrogen-bond acceptors (Lipinski definition) is 4. The molecule has 0 amide bonds. The molecule has 5 nitrogen and oxygen atoms in total. The smallest absolute Gasteiger partial charge is 0.212 e. The average molecular weight is 281 g/mol. The fourth-order valence-corrected chi connectivity index (χ4v) is 3.20. The third-order valence-corrected chi connectivity index (χ3v) is 4.38. The third-order valence-electron chi connectivity index (χ3n) is 2.13. The van der Waals surface area contributed by atoms with Crippen LogP contribution in [0.2, 0.25) is 0 Å². The highest BCUT2D eigenvalue weighted by atomic mass is 35.5. The summed E-state index contributed by atoms with van der Waals surface area (Å²) < 4.78 is 31.3. The van der Waals surface area contributed by atoms with E-state index in [1.54, 1.807) is 27.0 Å². The normalized spacial score (nSPS) is 15.8. The molecular formula is C10H17ClN2O3S. The number of nitrogens with zero attached hydrogens (tertiary/aromatic N) is 1. The van der Waals surface area contributed by atoms with Gasteiger partial charge >= 0.3 is 0 Å². The summed E-state index contributed by atoms with van der Waals surface area (Å²) in [6.45, 7) is 5.23. The van der Waals surface area contributed by atoms with Crippen LogP contribution in [0.5, 0.6) is 0 Å². The number of rotatable bonds is 6. The van der Waals surface area contributed by atoms with Gasteiger partial charge in [-0.25, -0.2) is 18.1 Å². The Labute approximate surface area is 107 Å². The van der Waals surface area contributed by atoms with Gasteiger partial charge in [-0.2, -0.15) is 0 Å². The second-order valence-corrected chi connectivity index (χ2v) is 6.30. The van der Waals surface area contributed by atoms with Crippen LogP contribution in [0.4, 0.5) is 0 Å². The quantitative estimate of drug-likeness (QED) is 0.807. The molecule has 0 radical (unpaired) electrons. The van der Waals surface area contributed by atoms with E-state index in [0.29, 0.717) is 17.5 Å². The molecule has 1 heterocycles. The molecule has 1 rings (SSSR count). The highest BCUT2D eigenvalue weighted by molar-refractivity contribution is 7.89. The van der Waals surface area contributed by atoms with Crippen LogP contribution in [0, 0.1) is 12.8 Å². The Morgan fingerprint density at radius 3 is 2.65 bits per heavy atom. The fourth-order valence-electron chi connectivity index (χ4n) is 1.36. The maximum Gasteiger partial charge on any atom is 0.212 e. The van der Waals surface area contributed by atoms with Crippen molar-refractivity contribution >= 4 is 21.6 Å². The predicted octanol–water partition coefficient (Wildman–Crippen LogP) is 1.84. The summed E-state index contributed by atoms with van der Waals surface area (Å²) in [7, 11) is -3.37. The lowest BCUT2D eigenvalue weighted by molar-refractivity contribution is 0.427. The minimum Gasteiger partial charge on any atom is -0.444 e. The Morgan fingerprint density at radius 2 is 2.18 bits per heavy atom. The zero-order valence-electron chi connectivity index (χ0n) is 10.1. The van der Waals surface area contributed by atoms with Gasteiger partial charge in [0.15, 0.2) is 0 Å². The Balaban J connectivity index is 2.64. The van der Waals surface area contributed by atoms with E-state index in [9.17, 15) is 8.42 Å². The highest BCUT2D eigenvalue weighted by Crippen LogP contribution is 2.14. The van der Waals surface area contributed by atoms with Gasteiger partial charge in [-0.1, -0.05) is 6.92 Å². The summed E-state index contributed by atoms with van der Waals surface area (Å²) >= 11 is 5.59. The van der Waals surface area contributed by atoms with Gasteiger partial charge in [0.2, 0.25) is 15.9 Å². The summed E-state index contributed by atoms with van der Waals surface area (Å²) in [6.07, 6.45) is 1.56. The van der Waals surface area contributed by atoms with Crippen molar-refractivity contribution in [1.29, 1.82) is 0 Å². The molecule has 1 aromatic rings. The van der Waals surface area contributed by atoms with Crippen LogP contribution in [0.25, 0.3) is 0 Å². The van der Waals surface area contributed by atoms with Crippen molar-refractivity contribution in [3.63, 3.8) is 0 Å². The minimum absolute atomic E-state index is 0.000527. The third kappa shape index (κ3) is 4.65. The standard InChI is InChI=1S/C10H17ClN2O3S/c1-7(4-11)6-17(14,15)13-9(3)10-12-5-8(2)16-10/h5,7,9,13H,4,6H2,1-3H3. The molecule has 0 bridgehead atoms. The van der Waals surface area contributed by atoms with E-state index in [1.807, 2.05) is 0 Å². The molecule has 1 aromatic heterocycles. The summed E-state index contributed by atoms with van der Waals surface area (Å²) in [4.78, 5) is 3.98. The molecule has 1 N–H and O–H groups in total. The summed E-state index contributed by atoms with van der Waals surface area (Å²) in [6, 6.07) is -0.476. The lowest BCUT2D eigenvalue weighted by Crippen LogP contribution is -2.31. The highest BCUT2D eigenvalue weighted by Gasteiger charge is 2.21. The summed E-state index contributed by atoms with van der Waals surface area (Å²) in [5.41, 5.74) is 0. The number of aromatic nitrogens is 1. The number of sulfonamides is 1. The topological polar surface area (TPSA) is 72.2 Å². The number of hydrogen-bond donors (Lipinski definition) is 1. The largest absolute Gasteiger partial charge is 0.444 e. The van der Waals surface area contributed by atoms with Gasteiger partial charge in [0, 0.05) is 5.88 Å². The summed E-state index contributed by atoms with van der Waals surface area (Å²) in [5.74, 6) is 1.24. The molecule has 0 spiro atoms. The monoisotopic (exact) mass is 280 g/mol. The average Bonchev–Trinajstić information content (AvgIpc) is 2.63. The Bertz CT molecular complexity index is 458. The van der Waals surface area contributed by atoms with Gasteiger partial charge in [-0.3, -0.25) is 0 Å². The van der Waals surface area contributed by atoms with Crippen molar-refractivity contribution in [2.45, 2.75) is 26.8 Å². The van der Waals surface area contributed by atoms with Crippen LogP contribution >= 0.6 is 11.6 Å². The first-order valence-corrected chi connectivity index (χ1v) is 7.51. The van der Waals surface area contributed by atoms with Crippen molar-refractivity contribution in [2.75, 3.05) is 11.6 Å². The number of nitrogens with one attached hydrogen (secondary N) is 1. The van der Waals surface area contributed by atoms with Crippen molar-refractivity contribution < 1.29 is 12.8 Å². The van der Waals surface area contributed by atoms with E-state index < -0.39 is 16.1 Å². The van der Waals surface area contributed by atoms with Crippen LogP contribution < -0.4 is 4.72 Å². The minimum atomic E-state index is -3.37. The maximum absolute atomic E-state index is 11.8. The van der Waals surface area contributed by atoms with Crippen LogP contribution in [0.1, 0.15) is 31.5 Å². The van der Waals surface area contributed by atoms with Crippen LogP contribution in [0.15, 0.2) is 10.6 Å². The lowest BCUT2D eigenvalue weighted by atomic mass is 10.3. The maximum atomic E-state index is 11.8. The zero-order chi connectivity index (χ0) is 13.1. The Hall–Kier alpha value is -0.590. The first kappa shape index (κ1) is 14.5. The molecule has 17 heavy (non-hydrogen) atoms. The van der Waals surface area contributed by atoms with Gasteiger partial charge < -0.3 is 4.42 Å². The fraction of sp³-hybridized carbons (Fsp3) is 0.700. The second-order valence-electron chi connectivity index (χ2n) is 4.19. The molecule has 0 saturated carbocycles. The molecule has 0 aliphatic heterocycles. The number of oxazole rings is 1. The SMILES string of the molecule is Cc1cnc(C(C)NS(=O)(=O)CC(C)CCl)o1. The number of aryl methyl sites for hydroxylation is 1. The first-order valence-electron chi connectivity index (χ1n) is 5.32. The van der Waals surface area contributed by atoms with E-state index in [1.165, 1.54) is 0 Å². The molecule has 2 atom stereocenters. The van der Waals surface area contributed by atoms with Crippen molar-refractivity contribution in [3.8, 4) is 0 Å². The number of alkyl halides is 1. The molecule has 0 saturated heterocycles. The van der Waals surface area contributed by atoms with Crippen LogP contribution in [-0.4, -0.2) is 25.0 Å². The van der Waals surface area contributed by atoms with E-state index in [2.05, 4.69) is 9.71 Å². The molecule has 0 aromatic carbocycles. The van der Waals surface area contributed by atoms with Gasteiger partial charge in [0.25, 0.3) is 0 Å². The molecular weight excluding hydrogens is 264 g/mol. The van der Waals surface area contributed by atoms with Gasteiger partial charge in [0.1, 0.15) is 5.76 Å². The van der Waals surface area contributed by atoms with E-state index in [4.69, 9.17) is 16.0 Å². The van der Waals surface area contributed by atoms with Gasteiger partial charge in [-0.15, -0.1) is 11.6 Å². The molecule has 7 heteroatoms. The van der Waals surface area contributed by atoms with Gasteiger partial charge in [0.05, 0.1) is 18.0 Å². The second kappa shape index (κ2) is 5.84. The molecule has 0 aliphatic rings. The van der Waals surface area contributed by atoms with E-state index in [0.717, 1.165) is 0 Å². The first-order chi connectivity index (χ1) is 7.84. The van der Waals surface area contributed by atoms with Crippen LogP contribution in [0.3, 0.4) is 0 Å². The zero-order valence-corrected chi connectivity index (χ0v) is 11.7. The predicted molar refractivity (Wildman–Crippen MR) is 66.5 cm³/mol. The molecule has 0 fully saturated rings. The summed E-state index contributed by atoms with van der Waals surface area (Å²) in [5, 5.41) is 0. The van der Waals surface area contributed by atoms with Crippen molar-refractivity contribution in [2.24, 2.45) is 5.92 Å². The molecule has 2 unspecified atom stereocenters. The Morgan fingerprint density at radius 1 is 1.53 bits per heavy atom. The van der Waals surface area contributed by atoms with Gasteiger partial charge in [-0.05, 0) is 19.8 Å². The Kier molecular flexibility index (Phi) is 4.97. The van der Waals surface area contributed by atoms with E-state index in [-0.39, 0.29) is 11.7 Å². The molecule has 0 aliphatic carbocycles. The lowest BCUT2D eigenvalue weighted by Gasteiger charge is -2.13. The number of halogens is 1. The molecule has 98 valence electrons. The van der Waals surface area contributed by atoms with Crippen molar-refractivity contribution in [3.05, 3.63) is 17.8 Å².